The number of aromatic nitrogens is 1. The first-order valence-corrected chi connectivity index (χ1v) is 8.07. The molecule has 1 aliphatic rings. The molecule has 1 aromatic heterocycles. The van der Waals surface area contributed by atoms with Gasteiger partial charge in [-0.05, 0) is 36.9 Å². The quantitative estimate of drug-likeness (QED) is 0.877. The zero-order valence-corrected chi connectivity index (χ0v) is 13.8. The number of benzene rings is 1. The van der Waals surface area contributed by atoms with Crippen molar-refractivity contribution in [3.05, 3.63) is 53.7 Å². The minimum absolute atomic E-state index is 0.299. The normalized spacial score (nSPS) is 15.3. The summed E-state index contributed by atoms with van der Waals surface area (Å²) in [5, 5.41) is 12.3. The minimum atomic E-state index is -0.911. The van der Waals surface area contributed by atoms with E-state index in [9.17, 15) is 4.79 Å². The average Bonchev–Trinajstić information content (AvgIpc) is 2.61. The van der Waals surface area contributed by atoms with E-state index < -0.39 is 5.97 Å². The highest BCUT2D eigenvalue weighted by molar-refractivity contribution is 5.87. The molecule has 1 fully saturated rings. The maximum absolute atomic E-state index is 11.0. The number of carbonyl (C=O) groups is 1. The minimum Gasteiger partial charge on any atom is -0.478 e. The van der Waals surface area contributed by atoms with Crippen LogP contribution in [-0.4, -0.2) is 54.2 Å². The Morgan fingerprint density at radius 3 is 2.67 bits per heavy atom. The summed E-state index contributed by atoms with van der Waals surface area (Å²) < 4.78 is 0. The topological polar surface area (TPSA) is 68.7 Å². The molecule has 126 valence electrons. The fraction of sp³-hybridized carbons (Fsp3) is 0.333. The Morgan fingerprint density at radius 2 is 2.00 bits per heavy atom. The van der Waals surface area contributed by atoms with E-state index in [-0.39, 0.29) is 0 Å². The molecule has 0 unspecified atom stereocenters. The van der Waals surface area contributed by atoms with E-state index in [1.807, 2.05) is 18.3 Å². The maximum atomic E-state index is 11.0. The number of rotatable bonds is 5. The van der Waals surface area contributed by atoms with Crippen molar-refractivity contribution in [2.75, 3.05) is 43.4 Å². The van der Waals surface area contributed by atoms with Crippen molar-refractivity contribution in [2.24, 2.45) is 0 Å². The van der Waals surface area contributed by atoms with Crippen LogP contribution in [0.1, 0.15) is 15.9 Å². The Labute approximate surface area is 141 Å². The molecule has 0 spiro atoms. The van der Waals surface area contributed by atoms with Gasteiger partial charge in [0.15, 0.2) is 0 Å². The summed E-state index contributed by atoms with van der Waals surface area (Å²) in [5.74, 6) is -0.125. The van der Waals surface area contributed by atoms with Crippen molar-refractivity contribution in [2.45, 2.75) is 6.54 Å². The van der Waals surface area contributed by atoms with Crippen LogP contribution in [-0.2, 0) is 6.54 Å². The van der Waals surface area contributed by atoms with E-state index in [2.05, 4.69) is 33.2 Å². The molecule has 0 radical (unpaired) electrons. The van der Waals surface area contributed by atoms with Gasteiger partial charge in [0.25, 0.3) is 0 Å². The summed E-state index contributed by atoms with van der Waals surface area (Å²) in [6, 6.07) is 11.0. The van der Waals surface area contributed by atoms with Gasteiger partial charge in [0.05, 0.1) is 17.4 Å². The molecule has 0 amide bonds. The SMILES string of the molecule is CN1CCN(c2ccc(NCc3cccc(C(=O)O)c3)nc2)CC1. The van der Waals surface area contributed by atoms with Crippen molar-refractivity contribution in [3.8, 4) is 0 Å². The molecule has 2 N–H and O–H groups in total. The van der Waals surface area contributed by atoms with E-state index in [4.69, 9.17) is 5.11 Å². The standard InChI is InChI=1S/C18H22N4O2/c1-21-7-9-22(10-8-21)16-5-6-17(20-13-16)19-12-14-3-2-4-15(11-14)18(23)24/h2-6,11,13H,7-10,12H2,1H3,(H,19,20)(H,23,24). The molecule has 0 bridgehead atoms. The molecule has 24 heavy (non-hydrogen) atoms. The lowest BCUT2D eigenvalue weighted by molar-refractivity contribution is 0.0697. The number of likely N-dealkylation sites (N-methyl/N-ethyl adjacent to an activating group) is 1. The molecule has 6 nitrogen and oxygen atoms in total. The summed E-state index contributed by atoms with van der Waals surface area (Å²) in [6.07, 6.45) is 1.89. The van der Waals surface area contributed by atoms with Crippen LogP contribution in [0, 0.1) is 0 Å². The summed E-state index contributed by atoms with van der Waals surface area (Å²) in [5.41, 5.74) is 2.36. The zero-order valence-electron chi connectivity index (χ0n) is 13.8. The Balaban J connectivity index is 1.58. The van der Waals surface area contributed by atoms with Crippen molar-refractivity contribution < 1.29 is 9.90 Å². The van der Waals surface area contributed by atoms with Gasteiger partial charge in [-0.15, -0.1) is 0 Å². The highest BCUT2D eigenvalue weighted by Gasteiger charge is 2.14. The first-order chi connectivity index (χ1) is 11.6. The predicted octanol–water partition coefficient (Wildman–Crippen LogP) is 2.14. The molecule has 0 saturated carbocycles. The number of nitrogens with zero attached hydrogens (tertiary/aromatic N) is 3. The van der Waals surface area contributed by atoms with Gasteiger partial charge in [0.2, 0.25) is 0 Å². The lowest BCUT2D eigenvalue weighted by Gasteiger charge is -2.33. The predicted molar refractivity (Wildman–Crippen MR) is 94.7 cm³/mol. The van der Waals surface area contributed by atoms with Crippen LogP contribution in [0.3, 0.4) is 0 Å². The third-order valence-corrected chi connectivity index (χ3v) is 4.26. The molecule has 1 saturated heterocycles. The molecule has 2 heterocycles. The number of hydrogen-bond acceptors (Lipinski definition) is 5. The number of piperazine rings is 1. The van der Waals surface area contributed by atoms with Crippen molar-refractivity contribution in [1.82, 2.24) is 9.88 Å². The van der Waals surface area contributed by atoms with E-state index in [1.54, 1.807) is 18.2 Å². The van der Waals surface area contributed by atoms with Gasteiger partial charge in [-0.3, -0.25) is 0 Å². The van der Waals surface area contributed by atoms with Crippen LogP contribution in [0.2, 0.25) is 0 Å². The average molecular weight is 326 g/mol. The molecular weight excluding hydrogens is 304 g/mol. The van der Waals surface area contributed by atoms with Crippen LogP contribution >= 0.6 is 0 Å². The van der Waals surface area contributed by atoms with E-state index in [1.165, 1.54) is 0 Å². The van der Waals surface area contributed by atoms with Gasteiger partial charge < -0.3 is 20.2 Å². The summed E-state index contributed by atoms with van der Waals surface area (Å²) in [7, 11) is 2.14. The van der Waals surface area contributed by atoms with E-state index >= 15 is 0 Å². The van der Waals surface area contributed by atoms with Crippen molar-refractivity contribution in [3.63, 3.8) is 0 Å². The number of anilines is 2. The van der Waals surface area contributed by atoms with Crippen LogP contribution in [0.15, 0.2) is 42.6 Å². The third-order valence-electron chi connectivity index (χ3n) is 4.26. The number of carboxylic acid groups (broad SMARTS) is 1. The first kappa shape index (κ1) is 16.3. The highest BCUT2D eigenvalue weighted by atomic mass is 16.4. The number of aromatic carboxylic acids is 1. The lowest BCUT2D eigenvalue weighted by atomic mass is 10.1. The summed E-state index contributed by atoms with van der Waals surface area (Å²) >= 11 is 0. The Hall–Kier alpha value is -2.60. The van der Waals surface area contributed by atoms with Gasteiger partial charge in [-0.25, -0.2) is 9.78 Å². The van der Waals surface area contributed by atoms with Gasteiger partial charge in [-0.1, -0.05) is 12.1 Å². The second-order valence-electron chi connectivity index (χ2n) is 6.05. The molecule has 2 aromatic rings. The monoisotopic (exact) mass is 326 g/mol. The number of nitrogens with one attached hydrogen (secondary N) is 1. The molecule has 6 heteroatoms. The van der Waals surface area contributed by atoms with Crippen LogP contribution in [0.25, 0.3) is 0 Å². The zero-order chi connectivity index (χ0) is 16.9. The molecule has 3 rings (SSSR count). The van der Waals surface area contributed by atoms with Crippen LogP contribution in [0.5, 0.6) is 0 Å². The maximum Gasteiger partial charge on any atom is 0.335 e. The van der Waals surface area contributed by atoms with Crippen LogP contribution in [0.4, 0.5) is 11.5 Å². The smallest absolute Gasteiger partial charge is 0.335 e. The molecular formula is C18H22N4O2. The van der Waals surface area contributed by atoms with Gasteiger partial charge in [0.1, 0.15) is 5.82 Å². The molecule has 0 atom stereocenters. The second kappa shape index (κ2) is 7.31. The van der Waals surface area contributed by atoms with E-state index in [0.717, 1.165) is 43.2 Å². The number of pyridine rings is 1. The second-order valence-corrected chi connectivity index (χ2v) is 6.05. The Bertz CT molecular complexity index is 694. The highest BCUT2D eigenvalue weighted by Crippen LogP contribution is 2.17. The number of hydrogen-bond donors (Lipinski definition) is 2. The number of carboxylic acids is 1. The molecule has 1 aliphatic heterocycles. The van der Waals surface area contributed by atoms with E-state index in [0.29, 0.717) is 12.1 Å². The van der Waals surface area contributed by atoms with Crippen molar-refractivity contribution in [1.29, 1.82) is 0 Å². The Morgan fingerprint density at radius 1 is 1.21 bits per heavy atom. The fourth-order valence-electron chi connectivity index (χ4n) is 2.75. The third kappa shape index (κ3) is 4.02. The van der Waals surface area contributed by atoms with Crippen LogP contribution < -0.4 is 10.2 Å². The fourth-order valence-corrected chi connectivity index (χ4v) is 2.75. The largest absolute Gasteiger partial charge is 0.478 e. The molecule has 0 aliphatic carbocycles. The summed E-state index contributed by atoms with van der Waals surface area (Å²) in [6.45, 7) is 4.72. The lowest BCUT2D eigenvalue weighted by Crippen LogP contribution is -2.44. The summed E-state index contributed by atoms with van der Waals surface area (Å²) in [4.78, 5) is 20.1. The molecule has 1 aromatic carbocycles. The van der Waals surface area contributed by atoms with Gasteiger partial charge in [0, 0.05) is 32.7 Å². The Kier molecular flexibility index (Phi) is 4.96. The van der Waals surface area contributed by atoms with Crippen molar-refractivity contribution >= 4 is 17.5 Å². The van der Waals surface area contributed by atoms with Gasteiger partial charge >= 0.3 is 5.97 Å². The first-order valence-electron chi connectivity index (χ1n) is 8.07. The van der Waals surface area contributed by atoms with Gasteiger partial charge in [-0.2, -0.15) is 0 Å².